The number of aromatic nitrogens is 1. The maximum atomic E-state index is 12.3. The van der Waals surface area contributed by atoms with Crippen LogP contribution in [0.3, 0.4) is 0 Å². The van der Waals surface area contributed by atoms with Gasteiger partial charge in [0.2, 0.25) is 0 Å². The zero-order chi connectivity index (χ0) is 16.4. The maximum absolute atomic E-state index is 12.3. The third kappa shape index (κ3) is 2.58. The molecule has 1 aliphatic heterocycles. The summed E-state index contributed by atoms with van der Waals surface area (Å²) in [6.45, 7) is 1.93. The van der Waals surface area contributed by atoms with Gasteiger partial charge < -0.3 is 20.1 Å². The number of benzene rings is 1. The molecule has 1 atom stereocenters. The van der Waals surface area contributed by atoms with Gasteiger partial charge in [0, 0.05) is 17.4 Å². The van der Waals surface area contributed by atoms with Crippen molar-refractivity contribution in [3.63, 3.8) is 0 Å². The van der Waals surface area contributed by atoms with Crippen molar-refractivity contribution in [3.8, 4) is 6.07 Å². The molecule has 0 aliphatic carbocycles. The van der Waals surface area contributed by atoms with Crippen molar-refractivity contribution in [3.05, 3.63) is 58.9 Å². The van der Waals surface area contributed by atoms with Crippen LogP contribution >= 0.6 is 0 Å². The fraction of sp³-hybridized carbons (Fsp3) is 0.176. The van der Waals surface area contributed by atoms with E-state index in [-0.39, 0.29) is 12.2 Å². The molecule has 0 radical (unpaired) electrons. The van der Waals surface area contributed by atoms with Crippen molar-refractivity contribution in [2.75, 3.05) is 11.9 Å². The van der Waals surface area contributed by atoms with Crippen molar-refractivity contribution < 1.29 is 14.6 Å². The largest absolute Gasteiger partial charge is 0.462 e. The number of aromatic amines is 1. The number of hydrogen-bond acceptors (Lipinski definition) is 5. The zero-order valence-corrected chi connectivity index (χ0v) is 12.5. The molecule has 23 heavy (non-hydrogen) atoms. The molecular formula is C17H15N3O3. The van der Waals surface area contributed by atoms with E-state index < -0.39 is 12.1 Å². The second-order valence-electron chi connectivity index (χ2n) is 5.03. The Morgan fingerprint density at radius 3 is 2.91 bits per heavy atom. The van der Waals surface area contributed by atoms with Gasteiger partial charge in [0.1, 0.15) is 6.10 Å². The highest BCUT2D eigenvalue weighted by Crippen LogP contribution is 2.39. The number of aliphatic hydroxyl groups is 1. The van der Waals surface area contributed by atoms with Gasteiger partial charge in [-0.2, -0.15) is 5.26 Å². The molecule has 0 saturated carbocycles. The lowest BCUT2D eigenvalue weighted by molar-refractivity contribution is -0.139. The Balaban J connectivity index is 2.15. The molecule has 3 N–H and O–H groups in total. The monoisotopic (exact) mass is 309 g/mol. The van der Waals surface area contributed by atoms with Crippen molar-refractivity contribution in [2.24, 2.45) is 0 Å². The topological polar surface area (TPSA) is 98.1 Å². The summed E-state index contributed by atoms with van der Waals surface area (Å²) in [5, 5.41) is 22.8. The van der Waals surface area contributed by atoms with Crippen LogP contribution in [0.1, 0.15) is 29.8 Å². The normalized spacial score (nSPS) is 16.3. The summed E-state index contributed by atoms with van der Waals surface area (Å²) >= 11 is 0. The fourth-order valence-corrected chi connectivity index (χ4v) is 2.59. The standard InChI is InChI=1S/C17H15N3O3/c1-2-23-17(22)14-15(12-4-3-7-19-12)20-13-8-10(9-18)5-6-11(13)16(14)21/h3-8,16,19-21H,2H2,1H3/t16-/m1/s1. The Kier molecular flexibility index (Phi) is 3.87. The number of nitrogens with zero attached hydrogens (tertiary/aromatic N) is 1. The Morgan fingerprint density at radius 2 is 2.26 bits per heavy atom. The van der Waals surface area contributed by atoms with E-state index in [1.165, 1.54) is 0 Å². The van der Waals surface area contributed by atoms with Crippen LogP contribution in [0, 0.1) is 11.3 Å². The molecule has 2 heterocycles. The molecule has 0 spiro atoms. The minimum Gasteiger partial charge on any atom is -0.462 e. The van der Waals surface area contributed by atoms with E-state index in [2.05, 4.69) is 16.4 Å². The molecule has 0 unspecified atom stereocenters. The Hall–Kier alpha value is -3.04. The highest BCUT2D eigenvalue weighted by atomic mass is 16.5. The summed E-state index contributed by atoms with van der Waals surface area (Å²) in [6, 6.07) is 10.5. The second kappa shape index (κ2) is 5.99. The first-order valence-corrected chi connectivity index (χ1v) is 7.20. The molecule has 6 heteroatoms. The van der Waals surface area contributed by atoms with Crippen molar-refractivity contribution in [1.82, 2.24) is 4.98 Å². The minimum atomic E-state index is -1.13. The third-order valence-electron chi connectivity index (χ3n) is 3.64. The van der Waals surface area contributed by atoms with Crippen LogP contribution in [0.15, 0.2) is 42.1 Å². The number of carbonyl (C=O) groups is 1. The van der Waals surface area contributed by atoms with Crippen molar-refractivity contribution in [1.29, 1.82) is 5.26 Å². The van der Waals surface area contributed by atoms with Crippen molar-refractivity contribution >= 4 is 17.4 Å². The summed E-state index contributed by atoms with van der Waals surface area (Å²) < 4.78 is 5.08. The second-order valence-corrected chi connectivity index (χ2v) is 5.03. The number of aliphatic hydroxyl groups excluding tert-OH is 1. The number of nitriles is 1. The number of anilines is 1. The van der Waals surface area contributed by atoms with Gasteiger partial charge in [-0.25, -0.2) is 4.79 Å². The lowest BCUT2D eigenvalue weighted by Gasteiger charge is -2.27. The summed E-state index contributed by atoms with van der Waals surface area (Å²) in [6.07, 6.45) is 0.594. The van der Waals surface area contributed by atoms with Gasteiger partial charge in [-0.15, -0.1) is 0 Å². The van der Waals surface area contributed by atoms with E-state index >= 15 is 0 Å². The van der Waals surface area contributed by atoms with Gasteiger partial charge in [-0.3, -0.25) is 0 Å². The van der Waals surface area contributed by atoms with Crippen LogP contribution in [0.25, 0.3) is 5.70 Å². The van der Waals surface area contributed by atoms with Crippen molar-refractivity contribution in [2.45, 2.75) is 13.0 Å². The smallest absolute Gasteiger partial charge is 0.339 e. The Labute approximate surface area is 133 Å². The molecule has 0 bridgehead atoms. The third-order valence-corrected chi connectivity index (χ3v) is 3.64. The first kappa shape index (κ1) is 14.9. The predicted octanol–water partition coefficient (Wildman–Crippen LogP) is 2.32. The lowest BCUT2D eigenvalue weighted by Crippen LogP contribution is -2.24. The maximum Gasteiger partial charge on any atom is 0.339 e. The number of fused-ring (bicyclic) bond motifs is 1. The summed E-state index contributed by atoms with van der Waals surface area (Å²) in [5.74, 6) is -0.577. The number of H-pyrrole nitrogens is 1. The molecule has 3 rings (SSSR count). The first-order valence-electron chi connectivity index (χ1n) is 7.20. The molecule has 0 saturated heterocycles. The van der Waals surface area contributed by atoms with Gasteiger partial charge in [-0.1, -0.05) is 6.07 Å². The van der Waals surface area contributed by atoms with E-state index in [4.69, 9.17) is 10.00 Å². The molecular weight excluding hydrogens is 294 g/mol. The van der Waals surface area contributed by atoms with Gasteiger partial charge >= 0.3 is 5.97 Å². The van der Waals surface area contributed by atoms with E-state index in [0.29, 0.717) is 28.2 Å². The Bertz CT molecular complexity index is 816. The summed E-state index contributed by atoms with van der Waals surface area (Å²) in [7, 11) is 0. The van der Waals surface area contributed by atoms with Gasteiger partial charge in [0.05, 0.1) is 35.2 Å². The van der Waals surface area contributed by atoms with Crippen LogP contribution in [-0.2, 0) is 9.53 Å². The van der Waals surface area contributed by atoms with Gasteiger partial charge in [0.15, 0.2) is 0 Å². The van der Waals surface area contributed by atoms with Crippen LogP contribution < -0.4 is 5.32 Å². The zero-order valence-electron chi connectivity index (χ0n) is 12.5. The molecule has 2 aromatic rings. The number of rotatable bonds is 3. The molecule has 0 fully saturated rings. The van der Waals surface area contributed by atoms with E-state index in [0.717, 1.165) is 0 Å². The molecule has 1 aromatic heterocycles. The first-order chi connectivity index (χ1) is 11.2. The fourth-order valence-electron chi connectivity index (χ4n) is 2.59. The van der Waals surface area contributed by atoms with Crippen LogP contribution in [0.2, 0.25) is 0 Å². The van der Waals surface area contributed by atoms with Crippen LogP contribution in [-0.4, -0.2) is 22.7 Å². The van der Waals surface area contributed by atoms with Crippen LogP contribution in [0.5, 0.6) is 0 Å². The molecule has 1 aliphatic rings. The molecule has 0 amide bonds. The molecule has 116 valence electrons. The lowest BCUT2D eigenvalue weighted by atomic mass is 9.92. The van der Waals surface area contributed by atoms with E-state index in [1.807, 2.05) is 0 Å². The van der Waals surface area contributed by atoms with Gasteiger partial charge in [-0.05, 0) is 31.2 Å². The number of hydrogen-bond donors (Lipinski definition) is 3. The SMILES string of the molecule is CCOC(=O)C1=C(c2ccc[nH]2)Nc2cc(C#N)ccc2[C@H]1O. The minimum absolute atomic E-state index is 0.145. The average Bonchev–Trinajstić information content (AvgIpc) is 3.08. The highest BCUT2D eigenvalue weighted by molar-refractivity contribution is 6.03. The molecule has 6 nitrogen and oxygen atoms in total. The van der Waals surface area contributed by atoms with E-state index in [1.54, 1.807) is 43.5 Å². The average molecular weight is 309 g/mol. The number of esters is 1. The number of carbonyl (C=O) groups excluding carboxylic acids is 1. The number of ether oxygens (including phenoxy) is 1. The van der Waals surface area contributed by atoms with Crippen LogP contribution in [0.4, 0.5) is 5.69 Å². The molecule has 1 aromatic carbocycles. The summed E-state index contributed by atoms with van der Waals surface area (Å²) in [5.41, 5.74) is 2.83. The van der Waals surface area contributed by atoms with E-state index in [9.17, 15) is 9.90 Å². The Morgan fingerprint density at radius 1 is 1.43 bits per heavy atom. The summed E-state index contributed by atoms with van der Waals surface area (Å²) in [4.78, 5) is 15.3. The highest BCUT2D eigenvalue weighted by Gasteiger charge is 2.33. The van der Waals surface area contributed by atoms with Gasteiger partial charge in [0.25, 0.3) is 0 Å². The number of nitrogens with one attached hydrogen (secondary N) is 2. The quantitative estimate of drug-likeness (QED) is 0.756. The predicted molar refractivity (Wildman–Crippen MR) is 84.1 cm³/mol.